The summed E-state index contributed by atoms with van der Waals surface area (Å²) in [7, 11) is 1.66. The second-order valence-corrected chi connectivity index (χ2v) is 8.78. The number of aliphatic carboxylic acids is 1. The molecule has 34 heavy (non-hydrogen) atoms. The Morgan fingerprint density at radius 1 is 1.15 bits per heavy atom. The van der Waals surface area contributed by atoms with Crippen LogP contribution in [-0.4, -0.2) is 63.3 Å². The van der Waals surface area contributed by atoms with Crippen molar-refractivity contribution in [1.82, 2.24) is 19.9 Å². The molecular weight excluding hydrogens is 455 g/mol. The van der Waals surface area contributed by atoms with Gasteiger partial charge in [0.25, 0.3) is 5.91 Å². The van der Waals surface area contributed by atoms with Crippen molar-refractivity contribution in [2.45, 2.75) is 58.3 Å². The first-order valence-corrected chi connectivity index (χ1v) is 10.6. The third-order valence-corrected chi connectivity index (χ3v) is 5.45. The minimum Gasteiger partial charge on any atom is -0.496 e. The van der Waals surface area contributed by atoms with Crippen LogP contribution in [0.25, 0.3) is 0 Å². The summed E-state index contributed by atoms with van der Waals surface area (Å²) in [4.78, 5) is 23.7. The highest BCUT2D eigenvalue weighted by Crippen LogP contribution is 2.27. The van der Waals surface area contributed by atoms with Gasteiger partial charge in [0, 0.05) is 18.7 Å². The van der Waals surface area contributed by atoms with Gasteiger partial charge in [-0.25, -0.2) is 9.48 Å². The van der Waals surface area contributed by atoms with E-state index in [1.807, 2.05) is 55.6 Å². The fraction of sp³-hybridized carbons (Fsp3) is 0.545. The van der Waals surface area contributed by atoms with Gasteiger partial charge in [-0.15, -0.1) is 5.10 Å². The van der Waals surface area contributed by atoms with Gasteiger partial charge in [0.2, 0.25) is 0 Å². The molecule has 0 radical (unpaired) electrons. The summed E-state index contributed by atoms with van der Waals surface area (Å²) in [6, 6.07) is 4.07. The van der Waals surface area contributed by atoms with E-state index in [0.717, 1.165) is 41.0 Å². The number of amides is 1. The summed E-state index contributed by atoms with van der Waals surface area (Å²) in [5.41, 5.74) is 9.06. The maximum Gasteiger partial charge on any atom is 0.490 e. The lowest BCUT2D eigenvalue weighted by Crippen LogP contribution is -2.39. The number of halogens is 3. The number of benzene rings is 1. The molecule has 12 heteroatoms. The molecule has 1 fully saturated rings. The van der Waals surface area contributed by atoms with Gasteiger partial charge in [-0.05, 0) is 63.8 Å². The maximum atomic E-state index is 12.9. The number of likely N-dealkylation sites (tertiary alicyclic amines) is 1. The zero-order chi connectivity index (χ0) is 25.8. The lowest BCUT2D eigenvalue weighted by atomic mass is 10.0. The van der Waals surface area contributed by atoms with E-state index >= 15 is 0 Å². The third kappa shape index (κ3) is 6.69. The summed E-state index contributed by atoms with van der Waals surface area (Å²) in [5, 5.41) is 15.6. The number of rotatable bonds is 4. The van der Waals surface area contributed by atoms with Gasteiger partial charge in [-0.3, -0.25) is 4.79 Å². The lowest BCUT2D eigenvalue weighted by molar-refractivity contribution is -0.192. The molecule has 2 aromatic rings. The second-order valence-electron chi connectivity index (χ2n) is 8.78. The number of carboxylic acid groups (broad SMARTS) is 1. The van der Waals surface area contributed by atoms with Crippen LogP contribution in [0.15, 0.2) is 18.3 Å². The van der Waals surface area contributed by atoms with Crippen LogP contribution in [0, 0.1) is 13.8 Å². The number of aryl methyl sites for hydroxylation is 2. The molecule has 188 valence electrons. The zero-order valence-corrected chi connectivity index (χ0v) is 19.8. The molecule has 1 aliphatic heterocycles. The number of carboxylic acids is 1. The topological polar surface area (TPSA) is 124 Å². The minimum absolute atomic E-state index is 0.0738. The molecule has 0 saturated carbocycles. The van der Waals surface area contributed by atoms with Gasteiger partial charge in [0.15, 0.2) is 0 Å². The van der Waals surface area contributed by atoms with E-state index in [1.54, 1.807) is 7.11 Å². The van der Waals surface area contributed by atoms with Gasteiger partial charge < -0.3 is 20.5 Å². The molecule has 1 saturated heterocycles. The van der Waals surface area contributed by atoms with E-state index in [1.165, 1.54) is 0 Å². The summed E-state index contributed by atoms with van der Waals surface area (Å²) >= 11 is 0. The van der Waals surface area contributed by atoms with Crippen LogP contribution in [0.1, 0.15) is 59.9 Å². The average Bonchev–Trinajstić information content (AvgIpc) is 3.24. The highest BCUT2D eigenvalue weighted by Gasteiger charge is 2.38. The van der Waals surface area contributed by atoms with E-state index < -0.39 is 17.7 Å². The molecule has 9 nitrogen and oxygen atoms in total. The number of aromatic nitrogens is 3. The van der Waals surface area contributed by atoms with E-state index in [2.05, 4.69) is 10.3 Å². The van der Waals surface area contributed by atoms with E-state index in [4.69, 9.17) is 20.4 Å². The Hall–Kier alpha value is -3.15. The molecule has 3 rings (SSSR count). The Balaban J connectivity index is 0.000000509. The monoisotopic (exact) mass is 485 g/mol. The standard InChI is InChI=1S/C20H29N5O2.C2HF3O2/c1-13-10-15(11-14(2)18(13)27-5)19(26)24-8-6-16(7-9-24)25-12-17(22-23-25)20(3,4)21;3-2(4,5)1(6)7/h10-12,16H,6-9,21H2,1-5H3;(H,6,7). The van der Waals surface area contributed by atoms with Crippen LogP contribution < -0.4 is 10.5 Å². The Bertz CT molecular complexity index is 999. The quantitative estimate of drug-likeness (QED) is 0.682. The largest absolute Gasteiger partial charge is 0.496 e. The Morgan fingerprint density at radius 2 is 1.65 bits per heavy atom. The van der Waals surface area contributed by atoms with Gasteiger partial charge in [0.05, 0.1) is 24.9 Å². The predicted molar refractivity (Wildman–Crippen MR) is 118 cm³/mol. The van der Waals surface area contributed by atoms with Gasteiger partial charge >= 0.3 is 12.1 Å². The van der Waals surface area contributed by atoms with Gasteiger partial charge in [0.1, 0.15) is 11.4 Å². The zero-order valence-electron chi connectivity index (χ0n) is 19.8. The van der Waals surface area contributed by atoms with Gasteiger partial charge in [-0.2, -0.15) is 13.2 Å². The first-order valence-electron chi connectivity index (χ1n) is 10.6. The number of carbonyl (C=O) groups excluding carboxylic acids is 1. The molecule has 2 heterocycles. The predicted octanol–water partition coefficient (Wildman–Crippen LogP) is 3.21. The number of nitrogens with zero attached hydrogens (tertiary/aromatic N) is 4. The van der Waals surface area contributed by atoms with Crippen molar-refractivity contribution in [3.05, 3.63) is 40.7 Å². The van der Waals surface area contributed by atoms with Crippen LogP contribution in [0.3, 0.4) is 0 Å². The van der Waals surface area contributed by atoms with E-state index in [0.29, 0.717) is 13.1 Å². The number of methoxy groups -OCH3 is 1. The van der Waals surface area contributed by atoms with Crippen LogP contribution in [0.2, 0.25) is 0 Å². The van der Waals surface area contributed by atoms with E-state index in [9.17, 15) is 18.0 Å². The maximum absolute atomic E-state index is 12.9. The van der Waals surface area contributed by atoms with Crippen molar-refractivity contribution in [2.75, 3.05) is 20.2 Å². The van der Waals surface area contributed by atoms with Crippen molar-refractivity contribution in [2.24, 2.45) is 5.73 Å². The van der Waals surface area contributed by atoms with E-state index in [-0.39, 0.29) is 11.9 Å². The van der Waals surface area contributed by atoms with Crippen molar-refractivity contribution >= 4 is 11.9 Å². The van der Waals surface area contributed by atoms with Crippen LogP contribution in [0.5, 0.6) is 5.75 Å². The average molecular weight is 486 g/mol. The van der Waals surface area contributed by atoms with Crippen LogP contribution in [-0.2, 0) is 10.3 Å². The molecule has 0 spiro atoms. The summed E-state index contributed by atoms with van der Waals surface area (Å²) < 4.78 is 39.0. The molecule has 0 unspecified atom stereocenters. The number of carbonyl (C=O) groups is 2. The fourth-order valence-corrected chi connectivity index (χ4v) is 3.66. The minimum atomic E-state index is -5.08. The Morgan fingerprint density at radius 3 is 2.03 bits per heavy atom. The molecule has 1 amide bonds. The number of hydrogen-bond acceptors (Lipinski definition) is 6. The summed E-state index contributed by atoms with van der Waals surface area (Å²) in [6.45, 7) is 9.18. The smallest absolute Gasteiger partial charge is 0.490 e. The number of nitrogens with two attached hydrogens (primary N) is 1. The molecule has 0 atom stereocenters. The summed E-state index contributed by atoms with van der Waals surface area (Å²) in [6.07, 6.45) is -1.44. The Kier molecular flexibility index (Phi) is 8.30. The van der Waals surface area contributed by atoms with Crippen LogP contribution >= 0.6 is 0 Å². The number of piperidine rings is 1. The molecule has 0 aliphatic carbocycles. The second kappa shape index (κ2) is 10.4. The van der Waals surface area contributed by atoms with Crippen molar-refractivity contribution < 1.29 is 32.6 Å². The highest BCUT2D eigenvalue weighted by molar-refractivity contribution is 5.95. The molecule has 0 bridgehead atoms. The molecule has 1 aliphatic rings. The summed E-state index contributed by atoms with van der Waals surface area (Å²) in [5.74, 6) is -1.84. The molecular formula is C22H30F3N5O4. The normalized spacial score (nSPS) is 14.9. The number of alkyl halides is 3. The molecule has 3 N–H and O–H groups in total. The number of hydrogen-bond donors (Lipinski definition) is 2. The van der Waals surface area contributed by atoms with Crippen LogP contribution in [0.4, 0.5) is 13.2 Å². The Labute approximate surface area is 195 Å². The lowest BCUT2D eigenvalue weighted by Gasteiger charge is -2.32. The first-order chi connectivity index (χ1) is 15.6. The molecule has 1 aromatic carbocycles. The first kappa shape index (κ1) is 27.1. The molecule has 1 aromatic heterocycles. The van der Waals surface area contributed by atoms with Gasteiger partial charge in [-0.1, -0.05) is 5.21 Å². The highest BCUT2D eigenvalue weighted by atomic mass is 19.4. The van der Waals surface area contributed by atoms with Crippen molar-refractivity contribution in [3.8, 4) is 5.75 Å². The third-order valence-electron chi connectivity index (χ3n) is 5.45. The number of ether oxygens (including phenoxy) is 1. The van der Waals surface area contributed by atoms with Crippen molar-refractivity contribution in [1.29, 1.82) is 0 Å². The SMILES string of the molecule is COc1c(C)cc(C(=O)N2CCC(n3cc(C(C)(C)N)nn3)CC2)cc1C.O=C(O)C(F)(F)F. The fourth-order valence-electron chi connectivity index (χ4n) is 3.66. The van der Waals surface area contributed by atoms with Crippen molar-refractivity contribution in [3.63, 3.8) is 0 Å².